The SMILES string of the molecule is Cc1ncc(-c2ccc(-c3cnc(N(C)C4CC(C)(C)NC(C)(C)C4)nn3)c(O)c2)s1. The highest BCUT2D eigenvalue weighted by molar-refractivity contribution is 7.15. The van der Waals surface area contributed by atoms with Gasteiger partial charge in [-0.05, 0) is 65.2 Å². The molecule has 0 amide bonds. The molecule has 4 rings (SSSR count). The molecule has 0 spiro atoms. The number of hydrogen-bond acceptors (Lipinski definition) is 8. The van der Waals surface area contributed by atoms with Gasteiger partial charge < -0.3 is 15.3 Å². The van der Waals surface area contributed by atoms with Crippen molar-refractivity contribution in [2.75, 3.05) is 11.9 Å². The number of benzene rings is 1. The molecule has 2 aromatic heterocycles. The summed E-state index contributed by atoms with van der Waals surface area (Å²) in [6, 6.07) is 5.87. The van der Waals surface area contributed by atoms with Gasteiger partial charge in [-0.1, -0.05) is 6.07 Å². The summed E-state index contributed by atoms with van der Waals surface area (Å²) in [5.74, 6) is 0.751. The molecule has 2 N–H and O–H groups in total. The van der Waals surface area contributed by atoms with E-state index in [9.17, 15) is 5.11 Å². The number of phenolic OH excluding ortho intramolecular Hbond substituents is 1. The van der Waals surface area contributed by atoms with Crippen molar-refractivity contribution in [3.8, 4) is 27.4 Å². The Kier molecular flexibility index (Phi) is 5.47. The van der Waals surface area contributed by atoms with Gasteiger partial charge in [-0.2, -0.15) is 0 Å². The monoisotopic (exact) mass is 438 g/mol. The van der Waals surface area contributed by atoms with Gasteiger partial charge in [0.2, 0.25) is 5.95 Å². The number of nitrogens with zero attached hydrogens (tertiary/aromatic N) is 5. The van der Waals surface area contributed by atoms with Gasteiger partial charge in [0.15, 0.2) is 0 Å². The number of thiazole rings is 1. The summed E-state index contributed by atoms with van der Waals surface area (Å²) in [5.41, 5.74) is 2.17. The lowest BCUT2D eigenvalue weighted by molar-refractivity contribution is 0.160. The van der Waals surface area contributed by atoms with Gasteiger partial charge in [0.25, 0.3) is 0 Å². The van der Waals surface area contributed by atoms with E-state index >= 15 is 0 Å². The zero-order valence-corrected chi connectivity index (χ0v) is 19.8. The highest BCUT2D eigenvalue weighted by atomic mass is 32.1. The Bertz CT molecular complexity index is 1060. The number of piperidine rings is 1. The summed E-state index contributed by atoms with van der Waals surface area (Å²) in [6.45, 7) is 10.9. The van der Waals surface area contributed by atoms with Crippen LogP contribution in [0.1, 0.15) is 45.5 Å². The Hall–Kier alpha value is -2.58. The van der Waals surface area contributed by atoms with Crippen molar-refractivity contribution >= 4 is 17.3 Å². The highest BCUT2D eigenvalue weighted by Gasteiger charge is 2.39. The van der Waals surface area contributed by atoms with Crippen LogP contribution in [0.15, 0.2) is 30.6 Å². The zero-order chi connectivity index (χ0) is 22.4. The lowest BCUT2D eigenvalue weighted by atomic mass is 9.79. The van der Waals surface area contributed by atoms with E-state index in [0.717, 1.165) is 28.3 Å². The Labute approximate surface area is 187 Å². The Morgan fingerprint density at radius 3 is 2.32 bits per heavy atom. The highest BCUT2D eigenvalue weighted by Crippen LogP contribution is 2.35. The van der Waals surface area contributed by atoms with Gasteiger partial charge in [0.1, 0.15) is 11.4 Å². The van der Waals surface area contributed by atoms with Crippen molar-refractivity contribution in [3.63, 3.8) is 0 Å². The van der Waals surface area contributed by atoms with Crippen LogP contribution in [0.5, 0.6) is 5.75 Å². The van der Waals surface area contributed by atoms with E-state index in [4.69, 9.17) is 0 Å². The summed E-state index contributed by atoms with van der Waals surface area (Å²) < 4.78 is 0. The fraction of sp³-hybridized carbons (Fsp3) is 0.478. The maximum Gasteiger partial charge on any atom is 0.245 e. The molecule has 1 aliphatic rings. The number of anilines is 1. The van der Waals surface area contributed by atoms with Gasteiger partial charge in [0.05, 0.1) is 16.1 Å². The smallest absolute Gasteiger partial charge is 0.245 e. The first-order valence-electron chi connectivity index (χ1n) is 10.5. The molecule has 0 atom stereocenters. The van der Waals surface area contributed by atoms with Gasteiger partial charge in [-0.25, -0.2) is 9.97 Å². The molecule has 0 bridgehead atoms. The Morgan fingerprint density at radius 1 is 1.06 bits per heavy atom. The molecule has 8 heteroatoms. The zero-order valence-electron chi connectivity index (χ0n) is 19.0. The number of nitrogens with one attached hydrogen (secondary N) is 1. The molecule has 0 aliphatic carbocycles. The maximum atomic E-state index is 10.6. The molecule has 0 saturated carbocycles. The average Bonchev–Trinajstić information content (AvgIpc) is 3.11. The predicted octanol–water partition coefficient (Wildman–Crippen LogP) is 4.42. The molecule has 7 nitrogen and oxygen atoms in total. The van der Waals surface area contributed by atoms with Crippen LogP contribution < -0.4 is 10.2 Å². The summed E-state index contributed by atoms with van der Waals surface area (Å²) in [5, 5.41) is 24.0. The van der Waals surface area contributed by atoms with E-state index in [-0.39, 0.29) is 16.8 Å². The van der Waals surface area contributed by atoms with Gasteiger partial charge in [-0.3, -0.25) is 0 Å². The van der Waals surface area contributed by atoms with Crippen molar-refractivity contribution in [1.29, 1.82) is 0 Å². The van der Waals surface area contributed by atoms with Crippen molar-refractivity contribution in [2.45, 2.75) is 64.6 Å². The van der Waals surface area contributed by atoms with Crippen LogP contribution in [0.2, 0.25) is 0 Å². The van der Waals surface area contributed by atoms with Crippen LogP contribution in [-0.2, 0) is 0 Å². The molecule has 1 fully saturated rings. The standard InChI is InChI=1S/C23H30N6OS/c1-14-24-13-20(31-14)15-7-8-17(19(30)9-15)18-12-25-21(27-26-18)29(6)16-10-22(2,3)28-23(4,5)11-16/h7-9,12-13,16,28,30H,10-11H2,1-6H3. The third kappa shape index (κ3) is 4.70. The molecule has 164 valence electrons. The van der Waals surface area contributed by atoms with E-state index < -0.39 is 0 Å². The van der Waals surface area contributed by atoms with E-state index in [2.05, 4.69) is 58.1 Å². The molecule has 1 aromatic carbocycles. The number of phenols is 1. The molecule has 1 saturated heterocycles. The van der Waals surface area contributed by atoms with Crippen molar-refractivity contribution in [2.24, 2.45) is 0 Å². The van der Waals surface area contributed by atoms with Crippen molar-refractivity contribution < 1.29 is 5.11 Å². The first kappa shape index (κ1) is 21.6. The number of hydrogen-bond donors (Lipinski definition) is 2. The molecule has 31 heavy (non-hydrogen) atoms. The molecule has 1 aliphatic heterocycles. The second-order valence-electron chi connectivity index (χ2n) is 9.68. The fourth-order valence-electron chi connectivity index (χ4n) is 4.66. The fourth-order valence-corrected chi connectivity index (χ4v) is 5.43. The molecule has 3 heterocycles. The van der Waals surface area contributed by atoms with Crippen LogP contribution in [0.4, 0.5) is 5.95 Å². The molecular formula is C23H30N6OS. The second-order valence-corrected chi connectivity index (χ2v) is 10.9. The predicted molar refractivity (Wildman–Crippen MR) is 125 cm³/mol. The van der Waals surface area contributed by atoms with Gasteiger partial charge >= 0.3 is 0 Å². The summed E-state index contributed by atoms with van der Waals surface area (Å²) >= 11 is 1.60. The molecule has 0 unspecified atom stereocenters. The van der Waals surface area contributed by atoms with Crippen LogP contribution in [0.25, 0.3) is 21.7 Å². The van der Waals surface area contributed by atoms with Crippen LogP contribution in [0, 0.1) is 6.92 Å². The van der Waals surface area contributed by atoms with Crippen molar-refractivity contribution in [1.82, 2.24) is 25.5 Å². The largest absolute Gasteiger partial charge is 0.507 e. The first-order chi connectivity index (χ1) is 14.5. The first-order valence-corrected chi connectivity index (χ1v) is 11.3. The minimum absolute atomic E-state index is 0.0399. The van der Waals surface area contributed by atoms with Crippen molar-refractivity contribution in [3.05, 3.63) is 35.6 Å². The number of aromatic hydroxyl groups is 1. The molecule has 3 aromatic rings. The number of aromatic nitrogens is 4. The quantitative estimate of drug-likeness (QED) is 0.623. The lowest BCUT2D eigenvalue weighted by Crippen LogP contribution is -2.62. The second kappa shape index (κ2) is 7.84. The minimum Gasteiger partial charge on any atom is -0.507 e. The molecular weight excluding hydrogens is 408 g/mol. The number of aryl methyl sites for hydroxylation is 1. The van der Waals surface area contributed by atoms with E-state index in [1.165, 1.54) is 0 Å². The third-order valence-corrected chi connectivity index (χ3v) is 6.72. The summed E-state index contributed by atoms with van der Waals surface area (Å²) in [7, 11) is 2.03. The third-order valence-electron chi connectivity index (χ3n) is 5.76. The van der Waals surface area contributed by atoms with Gasteiger partial charge in [-0.15, -0.1) is 21.5 Å². The Morgan fingerprint density at radius 2 is 1.77 bits per heavy atom. The Balaban J connectivity index is 1.54. The maximum absolute atomic E-state index is 10.6. The summed E-state index contributed by atoms with van der Waals surface area (Å²) in [4.78, 5) is 12.0. The topological polar surface area (TPSA) is 87.1 Å². The van der Waals surface area contributed by atoms with Crippen LogP contribution >= 0.6 is 11.3 Å². The normalized spacial score (nSPS) is 18.1. The average molecular weight is 439 g/mol. The van der Waals surface area contributed by atoms with E-state index in [1.807, 2.05) is 32.3 Å². The van der Waals surface area contributed by atoms with Gasteiger partial charge in [0, 0.05) is 35.9 Å². The lowest BCUT2D eigenvalue weighted by Gasteiger charge is -2.48. The van der Waals surface area contributed by atoms with Crippen LogP contribution in [-0.4, -0.2) is 49.4 Å². The number of rotatable bonds is 4. The minimum atomic E-state index is 0.0399. The molecule has 0 radical (unpaired) electrons. The van der Waals surface area contributed by atoms with E-state index in [0.29, 0.717) is 23.2 Å². The summed E-state index contributed by atoms with van der Waals surface area (Å²) in [6.07, 6.45) is 5.50. The van der Waals surface area contributed by atoms with E-state index in [1.54, 1.807) is 23.6 Å². The van der Waals surface area contributed by atoms with Crippen LogP contribution in [0.3, 0.4) is 0 Å².